The van der Waals surface area contributed by atoms with Crippen LogP contribution in [0.4, 0.5) is 0 Å². The molecule has 1 aliphatic heterocycles. The predicted molar refractivity (Wildman–Crippen MR) is 45.3 cm³/mol. The normalized spacial score (nSPS) is 24.5. The molecule has 0 saturated heterocycles. The van der Waals surface area contributed by atoms with E-state index in [1.807, 2.05) is 0 Å². The highest BCUT2D eigenvalue weighted by Crippen LogP contribution is 2.07. The Morgan fingerprint density at radius 1 is 1.73 bits per heavy atom. The zero-order valence-corrected chi connectivity index (χ0v) is 7.22. The van der Waals surface area contributed by atoms with Gasteiger partial charge in [-0.2, -0.15) is 0 Å². The first-order chi connectivity index (χ1) is 5.16. The van der Waals surface area contributed by atoms with Crippen molar-refractivity contribution >= 4 is 23.0 Å². The van der Waals surface area contributed by atoms with E-state index in [-0.39, 0.29) is 5.78 Å². The van der Waals surface area contributed by atoms with Crippen molar-refractivity contribution in [2.45, 2.75) is 6.10 Å². The molecule has 1 unspecified atom stereocenters. The number of carbonyl (C=O) groups excluding carboxylic acids is 1. The number of carbonyl (C=O) groups is 1. The van der Waals surface area contributed by atoms with Crippen LogP contribution in [0.15, 0.2) is 12.3 Å². The first kappa shape index (κ1) is 8.36. The Labute approximate surface area is 70.6 Å². The van der Waals surface area contributed by atoms with Gasteiger partial charge in [-0.3, -0.25) is 4.79 Å². The molecule has 0 radical (unpaired) electrons. The Morgan fingerprint density at radius 2 is 2.36 bits per heavy atom. The molecule has 0 spiro atoms. The molecule has 3 nitrogen and oxygen atoms in total. The fourth-order valence-corrected chi connectivity index (χ4v) is 1.14. The molecule has 0 saturated carbocycles. The molecular formula is C7H9NO2S. The molecule has 1 atom stereocenters. The summed E-state index contributed by atoms with van der Waals surface area (Å²) in [5, 5.41) is 0. The average Bonchev–Trinajstić information content (AvgIpc) is 1.99. The van der Waals surface area contributed by atoms with Crippen LogP contribution in [0.5, 0.6) is 0 Å². The molecule has 0 fully saturated rings. The molecule has 0 amide bonds. The first-order valence-electron chi connectivity index (χ1n) is 3.18. The van der Waals surface area contributed by atoms with Crippen molar-refractivity contribution in [2.75, 3.05) is 14.2 Å². The van der Waals surface area contributed by atoms with Gasteiger partial charge >= 0.3 is 0 Å². The lowest BCUT2D eigenvalue weighted by atomic mass is 10.1. The quantitative estimate of drug-likeness (QED) is 0.533. The van der Waals surface area contributed by atoms with Crippen molar-refractivity contribution in [1.29, 1.82) is 0 Å². The summed E-state index contributed by atoms with van der Waals surface area (Å²) < 4.78 is 4.90. The Morgan fingerprint density at radius 3 is 2.82 bits per heavy atom. The van der Waals surface area contributed by atoms with E-state index in [9.17, 15) is 4.79 Å². The van der Waals surface area contributed by atoms with E-state index in [2.05, 4.69) is 0 Å². The third-order valence-electron chi connectivity index (χ3n) is 1.53. The van der Waals surface area contributed by atoms with Crippen molar-refractivity contribution in [3.8, 4) is 0 Å². The third kappa shape index (κ3) is 1.46. The van der Waals surface area contributed by atoms with Crippen LogP contribution in [0.2, 0.25) is 0 Å². The number of likely N-dealkylation sites (N-methyl/N-ethyl adjacent to an activating group) is 1. The lowest BCUT2D eigenvalue weighted by Crippen LogP contribution is -2.41. The third-order valence-corrected chi connectivity index (χ3v) is 2.03. The number of nitrogens with zero attached hydrogens (tertiary/aromatic N) is 1. The molecule has 0 aromatic rings. The van der Waals surface area contributed by atoms with E-state index in [1.165, 1.54) is 13.2 Å². The second-order valence-electron chi connectivity index (χ2n) is 2.28. The van der Waals surface area contributed by atoms with Crippen LogP contribution in [-0.4, -0.2) is 35.9 Å². The number of hydrogen-bond donors (Lipinski definition) is 0. The molecule has 0 aromatic heterocycles. The predicted octanol–water partition coefficient (Wildman–Crippen LogP) is 0.357. The number of ether oxygens (including phenoxy) is 1. The van der Waals surface area contributed by atoms with Gasteiger partial charge in [0, 0.05) is 26.4 Å². The lowest BCUT2D eigenvalue weighted by molar-refractivity contribution is -0.121. The summed E-state index contributed by atoms with van der Waals surface area (Å²) >= 11 is 4.95. The standard InChI is InChI=1S/C7H9NO2S/c1-8-4-3-5(9)6(10-2)7(8)11/h3-4,6H,1-2H3. The van der Waals surface area contributed by atoms with E-state index in [4.69, 9.17) is 17.0 Å². The summed E-state index contributed by atoms with van der Waals surface area (Å²) in [6.45, 7) is 0. The summed E-state index contributed by atoms with van der Waals surface area (Å²) in [5.41, 5.74) is 0. The second kappa shape index (κ2) is 3.11. The highest BCUT2D eigenvalue weighted by molar-refractivity contribution is 7.80. The SMILES string of the molecule is COC1C(=O)C=CN(C)C1=S. The van der Waals surface area contributed by atoms with Crippen molar-refractivity contribution in [3.05, 3.63) is 12.3 Å². The Hall–Kier alpha value is -0.740. The van der Waals surface area contributed by atoms with E-state index in [1.54, 1.807) is 18.1 Å². The molecule has 1 heterocycles. The summed E-state index contributed by atoms with van der Waals surface area (Å²) in [7, 11) is 3.26. The van der Waals surface area contributed by atoms with Crippen LogP contribution in [0.1, 0.15) is 0 Å². The Balaban J connectivity index is 2.87. The van der Waals surface area contributed by atoms with Crippen molar-refractivity contribution in [1.82, 2.24) is 4.90 Å². The van der Waals surface area contributed by atoms with Crippen LogP contribution in [0.3, 0.4) is 0 Å². The fraction of sp³-hybridized carbons (Fsp3) is 0.429. The molecule has 0 N–H and O–H groups in total. The molecule has 60 valence electrons. The summed E-state index contributed by atoms with van der Waals surface area (Å²) in [4.78, 5) is 13.3. The van der Waals surface area contributed by atoms with E-state index < -0.39 is 6.10 Å². The van der Waals surface area contributed by atoms with E-state index in [0.29, 0.717) is 4.99 Å². The summed E-state index contributed by atoms with van der Waals surface area (Å²) in [6.07, 6.45) is 2.53. The largest absolute Gasteiger partial charge is 0.366 e. The lowest BCUT2D eigenvalue weighted by Gasteiger charge is -2.24. The molecule has 1 rings (SSSR count). The summed E-state index contributed by atoms with van der Waals surface area (Å²) in [6, 6.07) is 0. The van der Waals surface area contributed by atoms with Gasteiger partial charge in [-0.1, -0.05) is 12.2 Å². The smallest absolute Gasteiger partial charge is 0.192 e. The molecule has 0 aliphatic carbocycles. The molecule has 11 heavy (non-hydrogen) atoms. The van der Waals surface area contributed by atoms with E-state index >= 15 is 0 Å². The van der Waals surface area contributed by atoms with Crippen molar-refractivity contribution in [2.24, 2.45) is 0 Å². The number of thiocarbonyl (C=S) groups is 1. The zero-order chi connectivity index (χ0) is 8.43. The second-order valence-corrected chi connectivity index (χ2v) is 2.70. The van der Waals surface area contributed by atoms with Crippen molar-refractivity contribution in [3.63, 3.8) is 0 Å². The van der Waals surface area contributed by atoms with Crippen LogP contribution >= 0.6 is 12.2 Å². The van der Waals surface area contributed by atoms with Gasteiger partial charge in [-0.15, -0.1) is 0 Å². The van der Waals surface area contributed by atoms with Gasteiger partial charge in [-0.05, 0) is 0 Å². The highest BCUT2D eigenvalue weighted by Gasteiger charge is 2.26. The minimum absolute atomic E-state index is 0.0874. The zero-order valence-electron chi connectivity index (χ0n) is 6.40. The molecule has 1 aliphatic rings. The summed E-state index contributed by atoms with van der Waals surface area (Å²) in [5.74, 6) is -0.0874. The minimum atomic E-state index is -0.569. The monoisotopic (exact) mass is 171 g/mol. The van der Waals surface area contributed by atoms with E-state index in [0.717, 1.165) is 0 Å². The number of ketones is 1. The topological polar surface area (TPSA) is 29.5 Å². The number of hydrogen-bond acceptors (Lipinski definition) is 3. The number of methoxy groups -OCH3 is 1. The first-order valence-corrected chi connectivity index (χ1v) is 3.59. The van der Waals surface area contributed by atoms with Gasteiger partial charge in [0.15, 0.2) is 11.9 Å². The maximum Gasteiger partial charge on any atom is 0.192 e. The average molecular weight is 171 g/mol. The van der Waals surface area contributed by atoms with Crippen LogP contribution in [-0.2, 0) is 9.53 Å². The van der Waals surface area contributed by atoms with Gasteiger partial charge in [0.05, 0.1) is 0 Å². The molecule has 0 bridgehead atoms. The number of rotatable bonds is 1. The van der Waals surface area contributed by atoms with Gasteiger partial charge in [-0.25, -0.2) is 0 Å². The maximum absolute atomic E-state index is 11.1. The molecule has 0 aromatic carbocycles. The van der Waals surface area contributed by atoms with Gasteiger partial charge in [0.2, 0.25) is 0 Å². The van der Waals surface area contributed by atoms with Gasteiger partial charge in [0.25, 0.3) is 0 Å². The molecular weight excluding hydrogens is 162 g/mol. The Kier molecular flexibility index (Phi) is 2.36. The highest BCUT2D eigenvalue weighted by atomic mass is 32.1. The fourth-order valence-electron chi connectivity index (χ4n) is 0.870. The van der Waals surface area contributed by atoms with Gasteiger partial charge < -0.3 is 9.64 Å². The van der Waals surface area contributed by atoms with Crippen molar-refractivity contribution < 1.29 is 9.53 Å². The Bertz CT molecular complexity index is 224. The van der Waals surface area contributed by atoms with Crippen LogP contribution in [0, 0.1) is 0 Å². The maximum atomic E-state index is 11.1. The minimum Gasteiger partial charge on any atom is -0.366 e. The van der Waals surface area contributed by atoms with Crippen LogP contribution in [0.25, 0.3) is 0 Å². The van der Waals surface area contributed by atoms with Crippen LogP contribution < -0.4 is 0 Å². The molecule has 4 heteroatoms. The van der Waals surface area contributed by atoms with Gasteiger partial charge in [0.1, 0.15) is 4.99 Å².